The van der Waals surface area contributed by atoms with Crippen LogP contribution in [0.25, 0.3) is 0 Å². The molecule has 0 aromatic heterocycles. The fourth-order valence-corrected chi connectivity index (χ4v) is 3.99. The van der Waals surface area contributed by atoms with Gasteiger partial charge < -0.3 is 5.32 Å². The number of hydrogen-bond acceptors (Lipinski definition) is 3. The van der Waals surface area contributed by atoms with Crippen LogP contribution in [-0.4, -0.2) is 21.0 Å². The molecule has 0 amide bonds. The third-order valence-corrected chi connectivity index (χ3v) is 5.48. The number of nitrogens with one attached hydrogen (secondary N) is 2. The van der Waals surface area contributed by atoms with Crippen LogP contribution in [0.2, 0.25) is 0 Å². The van der Waals surface area contributed by atoms with Crippen LogP contribution >= 0.6 is 0 Å². The number of halogens is 2. The van der Waals surface area contributed by atoms with E-state index in [2.05, 4.69) is 10.0 Å². The van der Waals surface area contributed by atoms with E-state index >= 15 is 0 Å². The lowest BCUT2D eigenvalue weighted by molar-refractivity contribution is 0.399. The van der Waals surface area contributed by atoms with Crippen molar-refractivity contribution in [2.24, 2.45) is 5.92 Å². The van der Waals surface area contributed by atoms with Gasteiger partial charge in [-0.2, -0.15) is 0 Å². The van der Waals surface area contributed by atoms with Crippen molar-refractivity contribution in [1.82, 2.24) is 10.0 Å². The van der Waals surface area contributed by atoms with Crippen molar-refractivity contribution in [3.05, 3.63) is 29.3 Å². The van der Waals surface area contributed by atoms with Gasteiger partial charge in [0.15, 0.2) is 5.82 Å². The summed E-state index contributed by atoms with van der Waals surface area (Å²) in [4.78, 5) is -0.511. The molecule has 0 heterocycles. The Balaban J connectivity index is 2.38. The monoisotopic (exact) mass is 318 g/mol. The molecular weight excluding hydrogens is 298 g/mol. The molecule has 1 saturated carbocycles. The lowest BCUT2D eigenvalue weighted by Gasteiger charge is -2.26. The van der Waals surface area contributed by atoms with Gasteiger partial charge in [-0.05, 0) is 51.8 Å². The molecule has 118 valence electrons. The van der Waals surface area contributed by atoms with E-state index in [4.69, 9.17) is 0 Å². The van der Waals surface area contributed by atoms with Gasteiger partial charge in [0.1, 0.15) is 10.7 Å². The molecule has 1 aliphatic rings. The zero-order valence-corrected chi connectivity index (χ0v) is 13.2. The SMILES string of the molecule is CNCc1c(F)ccc(S(=O)(=O)NC(C)(C)C2CC2)c1F. The van der Waals surface area contributed by atoms with Crippen LogP contribution in [0.1, 0.15) is 32.3 Å². The van der Waals surface area contributed by atoms with Gasteiger partial charge in [0.25, 0.3) is 0 Å². The Kier molecular flexibility index (Phi) is 4.37. The van der Waals surface area contributed by atoms with Crippen LogP contribution in [0.4, 0.5) is 8.78 Å². The molecule has 7 heteroatoms. The van der Waals surface area contributed by atoms with Gasteiger partial charge in [-0.1, -0.05) is 0 Å². The van der Waals surface area contributed by atoms with E-state index in [0.717, 1.165) is 25.0 Å². The second-order valence-corrected chi connectivity index (χ2v) is 7.62. The minimum absolute atomic E-state index is 0.0763. The molecule has 0 saturated heterocycles. The molecule has 0 aliphatic heterocycles. The Bertz CT molecular complexity index is 641. The second kappa shape index (κ2) is 5.62. The lowest BCUT2D eigenvalue weighted by Crippen LogP contribution is -2.45. The maximum absolute atomic E-state index is 14.3. The van der Waals surface area contributed by atoms with Crippen LogP contribution < -0.4 is 10.0 Å². The molecular formula is C14H20F2N2O2S. The molecule has 4 nitrogen and oxygen atoms in total. The van der Waals surface area contributed by atoms with Crippen LogP contribution in [0, 0.1) is 17.6 Å². The number of rotatable bonds is 6. The van der Waals surface area contributed by atoms with Crippen molar-refractivity contribution in [2.75, 3.05) is 7.05 Å². The molecule has 1 aliphatic carbocycles. The van der Waals surface area contributed by atoms with E-state index in [1.165, 1.54) is 7.05 Å². The smallest absolute Gasteiger partial charge is 0.243 e. The molecule has 1 fully saturated rings. The number of sulfonamides is 1. The molecule has 21 heavy (non-hydrogen) atoms. The van der Waals surface area contributed by atoms with Gasteiger partial charge in [0.05, 0.1) is 0 Å². The highest BCUT2D eigenvalue weighted by molar-refractivity contribution is 7.89. The quantitative estimate of drug-likeness (QED) is 0.845. The van der Waals surface area contributed by atoms with Crippen LogP contribution in [0.5, 0.6) is 0 Å². The Hall–Kier alpha value is -1.05. The summed E-state index contributed by atoms with van der Waals surface area (Å²) >= 11 is 0. The minimum atomic E-state index is -4.03. The third-order valence-electron chi connectivity index (χ3n) is 3.79. The van der Waals surface area contributed by atoms with Gasteiger partial charge in [-0.15, -0.1) is 0 Å². The van der Waals surface area contributed by atoms with Crippen molar-refractivity contribution in [3.8, 4) is 0 Å². The fraction of sp³-hybridized carbons (Fsp3) is 0.571. The number of hydrogen-bond donors (Lipinski definition) is 2. The molecule has 2 rings (SSSR count). The van der Waals surface area contributed by atoms with Crippen molar-refractivity contribution >= 4 is 10.0 Å². The first kappa shape index (κ1) is 16.3. The molecule has 1 aromatic carbocycles. The summed E-state index contributed by atoms with van der Waals surface area (Å²) < 4.78 is 55.2. The van der Waals surface area contributed by atoms with Crippen molar-refractivity contribution in [2.45, 2.75) is 43.7 Å². The predicted octanol–water partition coefficient (Wildman–Crippen LogP) is 2.15. The van der Waals surface area contributed by atoms with Crippen LogP contribution in [0.3, 0.4) is 0 Å². The van der Waals surface area contributed by atoms with Crippen LogP contribution in [-0.2, 0) is 16.6 Å². The van der Waals surface area contributed by atoms with E-state index in [0.29, 0.717) is 0 Å². The molecule has 0 atom stereocenters. The molecule has 1 aromatic rings. The van der Waals surface area contributed by atoms with Crippen molar-refractivity contribution in [3.63, 3.8) is 0 Å². The topological polar surface area (TPSA) is 58.2 Å². The highest BCUT2D eigenvalue weighted by Gasteiger charge is 2.41. The zero-order valence-electron chi connectivity index (χ0n) is 12.3. The minimum Gasteiger partial charge on any atom is -0.315 e. The summed E-state index contributed by atoms with van der Waals surface area (Å²) in [5.74, 6) is -1.54. The van der Waals surface area contributed by atoms with Crippen molar-refractivity contribution < 1.29 is 17.2 Å². The first-order valence-electron chi connectivity index (χ1n) is 6.84. The summed E-state index contributed by atoms with van der Waals surface area (Å²) in [6.45, 7) is 3.48. The maximum Gasteiger partial charge on any atom is 0.243 e. The average molecular weight is 318 g/mol. The first-order chi connectivity index (χ1) is 9.69. The summed E-state index contributed by atoms with van der Waals surface area (Å²) in [6, 6.07) is 1.95. The normalized spacial score (nSPS) is 16.2. The highest BCUT2D eigenvalue weighted by Crippen LogP contribution is 2.40. The van der Waals surface area contributed by atoms with E-state index in [1.807, 2.05) is 0 Å². The van der Waals surface area contributed by atoms with Gasteiger partial charge in [0.2, 0.25) is 10.0 Å². The summed E-state index contributed by atoms with van der Waals surface area (Å²) in [5.41, 5.74) is -0.910. The Morgan fingerprint density at radius 3 is 2.43 bits per heavy atom. The van der Waals surface area contributed by atoms with E-state index in [1.54, 1.807) is 13.8 Å². The highest BCUT2D eigenvalue weighted by atomic mass is 32.2. The van der Waals surface area contributed by atoms with Crippen molar-refractivity contribution in [1.29, 1.82) is 0 Å². The summed E-state index contributed by atoms with van der Waals surface area (Å²) in [6.07, 6.45) is 1.90. The Morgan fingerprint density at radius 2 is 1.90 bits per heavy atom. The third kappa shape index (κ3) is 3.41. The lowest BCUT2D eigenvalue weighted by atomic mass is 10.0. The van der Waals surface area contributed by atoms with Gasteiger partial charge >= 0.3 is 0 Å². The van der Waals surface area contributed by atoms with Gasteiger partial charge in [-0.3, -0.25) is 0 Å². The van der Waals surface area contributed by atoms with E-state index in [-0.39, 0.29) is 18.0 Å². The largest absolute Gasteiger partial charge is 0.315 e. The second-order valence-electron chi connectivity index (χ2n) is 5.97. The molecule has 0 radical (unpaired) electrons. The standard InChI is InChI=1S/C14H20F2N2O2S/c1-14(2,9-4-5-9)18-21(19,20)12-7-6-11(15)10(8-17-3)13(12)16/h6-7,9,17-18H,4-5,8H2,1-3H3. The van der Waals surface area contributed by atoms with Crippen LogP contribution in [0.15, 0.2) is 17.0 Å². The molecule has 0 bridgehead atoms. The first-order valence-corrected chi connectivity index (χ1v) is 8.33. The Morgan fingerprint density at radius 1 is 1.29 bits per heavy atom. The molecule has 0 spiro atoms. The molecule has 2 N–H and O–H groups in total. The maximum atomic E-state index is 14.3. The van der Waals surface area contributed by atoms with E-state index < -0.39 is 32.1 Å². The Labute approximate surface area is 124 Å². The molecule has 0 unspecified atom stereocenters. The summed E-state index contributed by atoms with van der Waals surface area (Å²) in [5, 5.41) is 2.63. The zero-order chi connectivity index (χ0) is 15.8. The predicted molar refractivity (Wildman–Crippen MR) is 76.2 cm³/mol. The van der Waals surface area contributed by atoms with Gasteiger partial charge in [-0.25, -0.2) is 21.9 Å². The van der Waals surface area contributed by atoms with Gasteiger partial charge in [0, 0.05) is 17.6 Å². The fourth-order valence-electron chi connectivity index (χ4n) is 2.41. The summed E-state index contributed by atoms with van der Waals surface area (Å²) in [7, 11) is -2.49. The van der Waals surface area contributed by atoms with E-state index in [9.17, 15) is 17.2 Å². The average Bonchev–Trinajstić information content (AvgIpc) is 3.17. The number of benzene rings is 1.